The molecule has 3 heteroatoms. The SMILES string of the molecule is CCc1[nH]ncc1N. The van der Waals surface area contributed by atoms with Crippen molar-refractivity contribution < 1.29 is 0 Å². The average Bonchev–Trinajstić information content (AvgIpc) is 2.14. The van der Waals surface area contributed by atoms with E-state index in [2.05, 4.69) is 10.2 Å². The van der Waals surface area contributed by atoms with Gasteiger partial charge < -0.3 is 5.73 Å². The summed E-state index contributed by atoms with van der Waals surface area (Å²) in [5, 5.41) is 6.52. The highest BCUT2D eigenvalue weighted by atomic mass is 15.1. The molecule has 0 saturated carbocycles. The summed E-state index contributed by atoms with van der Waals surface area (Å²) in [6.45, 7) is 2.03. The molecule has 0 radical (unpaired) electrons. The number of aromatic nitrogens is 2. The zero-order valence-corrected chi connectivity index (χ0v) is 4.81. The Morgan fingerprint density at radius 2 is 2.62 bits per heavy atom. The van der Waals surface area contributed by atoms with Crippen molar-refractivity contribution in [3.05, 3.63) is 11.9 Å². The lowest BCUT2D eigenvalue weighted by Gasteiger charge is -1.87. The number of H-pyrrole nitrogens is 1. The van der Waals surface area contributed by atoms with Gasteiger partial charge in [-0.15, -0.1) is 0 Å². The monoisotopic (exact) mass is 111 g/mol. The Kier molecular flexibility index (Phi) is 1.20. The highest BCUT2D eigenvalue weighted by molar-refractivity contribution is 5.39. The fourth-order valence-electron chi connectivity index (χ4n) is 0.605. The number of anilines is 1. The third-order valence-electron chi connectivity index (χ3n) is 1.11. The zero-order chi connectivity index (χ0) is 5.98. The lowest BCUT2D eigenvalue weighted by Crippen LogP contribution is -1.87. The lowest BCUT2D eigenvalue weighted by atomic mass is 10.3. The second kappa shape index (κ2) is 1.86. The largest absolute Gasteiger partial charge is 0.396 e. The molecule has 0 aliphatic rings. The van der Waals surface area contributed by atoms with E-state index in [1.807, 2.05) is 6.92 Å². The second-order valence-electron chi connectivity index (χ2n) is 1.66. The van der Waals surface area contributed by atoms with Crippen molar-refractivity contribution in [3.8, 4) is 0 Å². The third kappa shape index (κ3) is 0.665. The summed E-state index contributed by atoms with van der Waals surface area (Å²) >= 11 is 0. The first-order valence-electron chi connectivity index (χ1n) is 2.62. The van der Waals surface area contributed by atoms with Gasteiger partial charge in [-0.2, -0.15) is 5.10 Å². The van der Waals surface area contributed by atoms with Gasteiger partial charge in [0.1, 0.15) is 0 Å². The molecule has 0 saturated heterocycles. The van der Waals surface area contributed by atoms with Gasteiger partial charge in [0.05, 0.1) is 17.6 Å². The van der Waals surface area contributed by atoms with E-state index < -0.39 is 0 Å². The Balaban J connectivity index is 2.92. The van der Waals surface area contributed by atoms with Crippen molar-refractivity contribution in [1.82, 2.24) is 10.2 Å². The average molecular weight is 111 g/mol. The Morgan fingerprint density at radius 3 is 2.88 bits per heavy atom. The number of hydrogen-bond acceptors (Lipinski definition) is 2. The van der Waals surface area contributed by atoms with E-state index in [0.29, 0.717) is 0 Å². The topological polar surface area (TPSA) is 54.7 Å². The minimum atomic E-state index is 0.757. The standard InChI is InChI=1S/C5H9N3/c1-2-5-4(6)3-7-8-5/h3H,2,6H2,1H3,(H,7,8). The molecule has 0 amide bonds. The van der Waals surface area contributed by atoms with Gasteiger partial charge in [0.2, 0.25) is 0 Å². The highest BCUT2D eigenvalue weighted by Gasteiger charge is 1.93. The van der Waals surface area contributed by atoms with E-state index >= 15 is 0 Å². The van der Waals surface area contributed by atoms with Gasteiger partial charge in [-0.1, -0.05) is 6.92 Å². The number of rotatable bonds is 1. The van der Waals surface area contributed by atoms with Crippen LogP contribution < -0.4 is 5.73 Å². The quantitative estimate of drug-likeness (QED) is 0.556. The van der Waals surface area contributed by atoms with Crippen LogP contribution in [0.5, 0.6) is 0 Å². The van der Waals surface area contributed by atoms with Gasteiger partial charge >= 0.3 is 0 Å². The summed E-state index contributed by atoms with van der Waals surface area (Å²) < 4.78 is 0. The molecule has 1 aromatic rings. The van der Waals surface area contributed by atoms with Crippen LogP contribution in [0.3, 0.4) is 0 Å². The first-order chi connectivity index (χ1) is 3.84. The smallest absolute Gasteiger partial charge is 0.0730 e. The van der Waals surface area contributed by atoms with Crippen LogP contribution in [0.2, 0.25) is 0 Å². The number of nitrogens with zero attached hydrogens (tertiary/aromatic N) is 1. The van der Waals surface area contributed by atoms with Gasteiger partial charge in [0, 0.05) is 0 Å². The molecular weight excluding hydrogens is 102 g/mol. The minimum Gasteiger partial charge on any atom is -0.396 e. The normalized spacial score (nSPS) is 9.62. The van der Waals surface area contributed by atoms with Crippen molar-refractivity contribution in [2.45, 2.75) is 13.3 Å². The predicted octanol–water partition coefficient (Wildman–Crippen LogP) is 0.554. The van der Waals surface area contributed by atoms with Crippen molar-refractivity contribution in [3.63, 3.8) is 0 Å². The van der Waals surface area contributed by atoms with Gasteiger partial charge in [-0.25, -0.2) is 0 Å². The molecule has 0 spiro atoms. The second-order valence-corrected chi connectivity index (χ2v) is 1.66. The first kappa shape index (κ1) is 5.15. The first-order valence-corrected chi connectivity index (χ1v) is 2.62. The van der Waals surface area contributed by atoms with Crippen LogP contribution >= 0.6 is 0 Å². The molecule has 0 fully saturated rings. The highest BCUT2D eigenvalue weighted by Crippen LogP contribution is 2.04. The van der Waals surface area contributed by atoms with Crippen LogP contribution in [0.1, 0.15) is 12.6 Å². The van der Waals surface area contributed by atoms with Gasteiger partial charge in [0.15, 0.2) is 0 Å². The van der Waals surface area contributed by atoms with Gasteiger partial charge in [0.25, 0.3) is 0 Å². The molecule has 44 valence electrons. The van der Waals surface area contributed by atoms with E-state index in [1.165, 1.54) is 0 Å². The molecule has 8 heavy (non-hydrogen) atoms. The summed E-state index contributed by atoms with van der Waals surface area (Å²) in [7, 11) is 0. The number of nitrogens with one attached hydrogen (secondary N) is 1. The van der Waals surface area contributed by atoms with Crippen molar-refractivity contribution in [2.24, 2.45) is 0 Å². The number of aryl methyl sites for hydroxylation is 1. The Hall–Kier alpha value is -0.990. The van der Waals surface area contributed by atoms with E-state index in [1.54, 1.807) is 6.20 Å². The van der Waals surface area contributed by atoms with Crippen LogP contribution in [0.4, 0.5) is 5.69 Å². The predicted molar refractivity (Wildman–Crippen MR) is 32.4 cm³/mol. The molecule has 0 unspecified atom stereocenters. The maximum absolute atomic E-state index is 5.46. The summed E-state index contributed by atoms with van der Waals surface area (Å²) in [6, 6.07) is 0. The van der Waals surface area contributed by atoms with E-state index in [9.17, 15) is 0 Å². The third-order valence-corrected chi connectivity index (χ3v) is 1.11. The summed E-state index contributed by atoms with van der Waals surface area (Å²) in [6.07, 6.45) is 2.55. The fourth-order valence-corrected chi connectivity index (χ4v) is 0.605. The van der Waals surface area contributed by atoms with Crippen LogP contribution in [0, 0.1) is 0 Å². The molecule has 1 heterocycles. The Bertz CT molecular complexity index is 168. The lowest BCUT2D eigenvalue weighted by molar-refractivity contribution is 0.976. The number of nitrogens with two attached hydrogens (primary N) is 1. The number of hydrogen-bond donors (Lipinski definition) is 2. The zero-order valence-electron chi connectivity index (χ0n) is 4.81. The molecule has 1 rings (SSSR count). The summed E-state index contributed by atoms with van der Waals surface area (Å²) in [5.41, 5.74) is 7.23. The molecule has 3 N–H and O–H groups in total. The van der Waals surface area contributed by atoms with E-state index in [-0.39, 0.29) is 0 Å². The van der Waals surface area contributed by atoms with E-state index in [4.69, 9.17) is 5.73 Å². The van der Waals surface area contributed by atoms with Crippen molar-refractivity contribution in [1.29, 1.82) is 0 Å². The van der Waals surface area contributed by atoms with Gasteiger partial charge in [-0.05, 0) is 6.42 Å². The molecule has 0 bridgehead atoms. The van der Waals surface area contributed by atoms with Crippen LogP contribution in [0.25, 0.3) is 0 Å². The fraction of sp³-hybridized carbons (Fsp3) is 0.400. The summed E-state index contributed by atoms with van der Waals surface area (Å²) in [5.74, 6) is 0. The Morgan fingerprint density at radius 1 is 1.88 bits per heavy atom. The van der Waals surface area contributed by atoms with Crippen LogP contribution in [-0.4, -0.2) is 10.2 Å². The van der Waals surface area contributed by atoms with Crippen LogP contribution in [-0.2, 0) is 6.42 Å². The molecular formula is C5H9N3. The van der Waals surface area contributed by atoms with Crippen molar-refractivity contribution >= 4 is 5.69 Å². The molecule has 1 aromatic heterocycles. The molecule has 0 aliphatic carbocycles. The van der Waals surface area contributed by atoms with Crippen LogP contribution in [0.15, 0.2) is 6.20 Å². The number of aromatic amines is 1. The molecule has 3 nitrogen and oxygen atoms in total. The molecule has 0 aromatic carbocycles. The van der Waals surface area contributed by atoms with E-state index in [0.717, 1.165) is 17.8 Å². The van der Waals surface area contributed by atoms with Gasteiger partial charge in [-0.3, -0.25) is 5.10 Å². The van der Waals surface area contributed by atoms with Crippen molar-refractivity contribution in [2.75, 3.05) is 5.73 Å². The molecule has 0 atom stereocenters. The Labute approximate surface area is 47.9 Å². The summed E-state index contributed by atoms with van der Waals surface area (Å²) in [4.78, 5) is 0. The maximum atomic E-state index is 5.46. The number of nitrogen functional groups attached to an aromatic ring is 1. The molecule has 0 aliphatic heterocycles. The minimum absolute atomic E-state index is 0.757. The maximum Gasteiger partial charge on any atom is 0.0730 e.